The van der Waals surface area contributed by atoms with Crippen LogP contribution in [0.2, 0.25) is 5.02 Å². The molecule has 1 unspecified atom stereocenters. The lowest BCUT2D eigenvalue weighted by Crippen LogP contribution is -2.18. The van der Waals surface area contributed by atoms with Crippen LogP contribution in [0.4, 0.5) is 14.5 Å². The average molecular weight is 282 g/mol. The van der Waals surface area contributed by atoms with Gasteiger partial charge in [-0.3, -0.25) is 0 Å². The fraction of sp³-hybridized carbons (Fsp3) is 0.200. The van der Waals surface area contributed by atoms with Crippen molar-refractivity contribution in [3.05, 3.63) is 64.7 Å². The van der Waals surface area contributed by atoms with Gasteiger partial charge in [-0.05, 0) is 49.2 Å². The van der Waals surface area contributed by atoms with Crippen molar-refractivity contribution >= 4 is 17.3 Å². The zero-order valence-corrected chi connectivity index (χ0v) is 11.2. The molecule has 19 heavy (non-hydrogen) atoms. The van der Waals surface area contributed by atoms with E-state index in [9.17, 15) is 8.78 Å². The molecule has 0 bridgehead atoms. The van der Waals surface area contributed by atoms with Crippen molar-refractivity contribution in [3.63, 3.8) is 0 Å². The Bertz CT molecular complexity index is 572. The lowest BCUT2D eigenvalue weighted by molar-refractivity contribution is 0.623. The SMILES string of the molecule is CC(Cc1cccc(F)c1)Nc1ccc(Cl)c(F)c1. The molecule has 2 aromatic rings. The van der Waals surface area contributed by atoms with Crippen LogP contribution in [0.15, 0.2) is 42.5 Å². The van der Waals surface area contributed by atoms with Crippen molar-refractivity contribution in [1.29, 1.82) is 0 Å². The smallest absolute Gasteiger partial charge is 0.143 e. The van der Waals surface area contributed by atoms with Crippen LogP contribution in [0.25, 0.3) is 0 Å². The molecule has 4 heteroatoms. The third-order valence-electron chi connectivity index (χ3n) is 2.76. The number of anilines is 1. The van der Waals surface area contributed by atoms with Gasteiger partial charge in [0, 0.05) is 11.7 Å². The number of hydrogen-bond acceptors (Lipinski definition) is 1. The second kappa shape index (κ2) is 6.02. The summed E-state index contributed by atoms with van der Waals surface area (Å²) in [7, 11) is 0. The van der Waals surface area contributed by atoms with Gasteiger partial charge >= 0.3 is 0 Å². The number of hydrogen-bond donors (Lipinski definition) is 1. The Balaban J connectivity index is 2.01. The zero-order chi connectivity index (χ0) is 13.8. The van der Waals surface area contributed by atoms with Crippen LogP contribution >= 0.6 is 11.6 Å². The Morgan fingerprint density at radius 2 is 1.95 bits per heavy atom. The Hall–Kier alpha value is -1.61. The summed E-state index contributed by atoms with van der Waals surface area (Å²) in [6, 6.07) is 11.1. The number of halogens is 3. The average Bonchev–Trinajstić information content (AvgIpc) is 2.34. The van der Waals surface area contributed by atoms with Crippen LogP contribution < -0.4 is 5.32 Å². The maximum absolute atomic E-state index is 13.3. The molecule has 0 radical (unpaired) electrons. The molecule has 1 atom stereocenters. The van der Waals surface area contributed by atoms with Crippen molar-refractivity contribution in [1.82, 2.24) is 0 Å². The highest BCUT2D eigenvalue weighted by Crippen LogP contribution is 2.19. The standard InChI is InChI=1S/C15H14ClF2N/c1-10(7-11-3-2-4-12(17)8-11)19-13-5-6-14(16)15(18)9-13/h2-6,8-10,19H,7H2,1H3. The third-order valence-corrected chi connectivity index (χ3v) is 3.07. The summed E-state index contributed by atoms with van der Waals surface area (Å²) < 4.78 is 26.3. The highest BCUT2D eigenvalue weighted by molar-refractivity contribution is 6.30. The van der Waals surface area contributed by atoms with E-state index in [4.69, 9.17) is 11.6 Å². The predicted octanol–water partition coefficient (Wildman–Crippen LogP) is 4.66. The summed E-state index contributed by atoms with van der Waals surface area (Å²) in [6.45, 7) is 1.96. The summed E-state index contributed by atoms with van der Waals surface area (Å²) in [5, 5.41) is 3.26. The summed E-state index contributed by atoms with van der Waals surface area (Å²) in [5.41, 5.74) is 1.56. The van der Waals surface area contributed by atoms with Gasteiger partial charge < -0.3 is 5.32 Å². The lowest BCUT2D eigenvalue weighted by Gasteiger charge is -2.15. The van der Waals surface area contributed by atoms with E-state index in [1.54, 1.807) is 12.1 Å². The molecule has 2 rings (SSSR count). The molecule has 0 aliphatic heterocycles. The van der Waals surface area contributed by atoms with E-state index < -0.39 is 5.82 Å². The Labute approximate surface area is 116 Å². The maximum Gasteiger partial charge on any atom is 0.143 e. The number of nitrogens with one attached hydrogen (secondary N) is 1. The summed E-state index contributed by atoms with van der Waals surface area (Å²) in [5.74, 6) is -0.702. The topological polar surface area (TPSA) is 12.0 Å². The van der Waals surface area contributed by atoms with Gasteiger partial charge in [0.1, 0.15) is 11.6 Å². The van der Waals surface area contributed by atoms with Crippen molar-refractivity contribution in [2.24, 2.45) is 0 Å². The van der Waals surface area contributed by atoms with Gasteiger partial charge in [-0.25, -0.2) is 8.78 Å². The van der Waals surface area contributed by atoms with Crippen LogP contribution in [-0.2, 0) is 6.42 Å². The van der Waals surface area contributed by atoms with Gasteiger partial charge in [0.25, 0.3) is 0 Å². The lowest BCUT2D eigenvalue weighted by atomic mass is 10.1. The molecule has 2 aromatic carbocycles. The first-order chi connectivity index (χ1) is 9.04. The Morgan fingerprint density at radius 1 is 1.16 bits per heavy atom. The third kappa shape index (κ3) is 3.93. The van der Waals surface area contributed by atoms with Crippen molar-refractivity contribution in [2.75, 3.05) is 5.32 Å². The quantitative estimate of drug-likeness (QED) is 0.859. The zero-order valence-electron chi connectivity index (χ0n) is 10.5. The second-order valence-corrected chi connectivity index (χ2v) is 4.92. The predicted molar refractivity (Wildman–Crippen MR) is 74.6 cm³/mol. The van der Waals surface area contributed by atoms with Gasteiger partial charge in [-0.1, -0.05) is 23.7 Å². The van der Waals surface area contributed by atoms with Gasteiger partial charge in [0.15, 0.2) is 0 Å². The largest absolute Gasteiger partial charge is 0.382 e. The van der Waals surface area contributed by atoms with Crippen LogP contribution in [0.3, 0.4) is 0 Å². The minimum absolute atomic E-state index is 0.0578. The van der Waals surface area contributed by atoms with E-state index in [1.165, 1.54) is 24.3 Å². The molecule has 0 heterocycles. The normalized spacial score (nSPS) is 12.2. The molecule has 0 saturated carbocycles. The van der Waals surface area contributed by atoms with Crippen LogP contribution in [0.1, 0.15) is 12.5 Å². The minimum Gasteiger partial charge on any atom is -0.382 e. The van der Waals surface area contributed by atoms with Gasteiger partial charge in [0.05, 0.1) is 5.02 Å². The van der Waals surface area contributed by atoms with E-state index in [1.807, 2.05) is 13.0 Å². The second-order valence-electron chi connectivity index (χ2n) is 4.51. The molecule has 0 aromatic heterocycles. The van der Waals surface area contributed by atoms with Crippen molar-refractivity contribution < 1.29 is 8.78 Å². The van der Waals surface area contributed by atoms with Crippen molar-refractivity contribution in [3.8, 4) is 0 Å². The first-order valence-electron chi connectivity index (χ1n) is 6.00. The fourth-order valence-corrected chi connectivity index (χ4v) is 2.06. The van der Waals surface area contributed by atoms with E-state index in [0.717, 1.165) is 5.56 Å². The Kier molecular flexibility index (Phi) is 4.38. The minimum atomic E-state index is -0.454. The van der Waals surface area contributed by atoms with E-state index in [-0.39, 0.29) is 16.9 Å². The monoisotopic (exact) mass is 281 g/mol. The number of benzene rings is 2. The van der Waals surface area contributed by atoms with Crippen LogP contribution in [0, 0.1) is 11.6 Å². The molecule has 0 saturated heterocycles. The summed E-state index contributed by atoms with van der Waals surface area (Å²) in [6.07, 6.45) is 0.655. The molecular weight excluding hydrogens is 268 g/mol. The van der Waals surface area contributed by atoms with Crippen molar-refractivity contribution in [2.45, 2.75) is 19.4 Å². The van der Waals surface area contributed by atoms with E-state index in [2.05, 4.69) is 5.32 Å². The molecule has 100 valence electrons. The molecule has 0 aliphatic carbocycles. The van der Waals surface area contributed by atoms with Crippen LogP contribution in [0.5, 0.6) is 0 Å². The molecule has 0 amide bonds. The molecular formula is C15H14ClF2N. The Morgan fingerprint density at radius 3 is 2.63 bits per heavy atom. The molecule has 1 nitrogen and oxygen atoms in total. The maximum atomic E-state index is 13.3. The summed E-state index contributed by atoms with van der Waals surface area (Å²) >= 11 is 5.62. The molecule has 0 fully saturated rings. The first kappa shape index (κ1) is 13.8. The van der Waals surface area contributed by atoms with E-state index in [0.29, 0.717) is 12.1 Å². The number of rotatable bonds is 4. The molecule has 1 N–H and O–H groups in total. The highest BCUT2D eigenvalue weighted by Gasteiger charge is 2.06. The van der Waals surface area contributed by atoms with E-state index >= 15 is 0 Å². The first-order valence-corrected chi connectivity index (χ1v) is 6.38. The summed E-state index contributed by atoms with van der Waals surface area (Å²) in [4.78, 5) is 0. The van der Waals surface area contributed by atoms with Crippen LogP contribution in [-0.4, -0.2) is 6.04 Å². The molecule has 0 spiro atoms. The van der Waals surface area contributed by atoms with Gasteiger partial charge in [-0.2, -0.15) is 0 Å². The fourth-order valence-electron chi connectivity index (χ4n) is 1.94. The highest BCUT2D eigenvalue weighted by atomic mass is 35.5. The van der Waals surface area contributed by atoms with Gasteiger partial charge in [0.2, 0.25) is 0 Å². The molecule has 0 aliphatic rings. The van der Waals surface area contributed by atoms with Gasteiger partial charge in [-0.15, -0.1) is 0 Å².